The summed E-state index contributed by atoms with van der Waals surface area (Å²) >= 11 is 0. The van der Waals surface area contributed by atoms with Crippen molar-refractivity contribution >= 4 is 18.3 Å². The smallest absolute Gasteiger partial charge is 0.255 e. The van der Waals surface area contributed by atoms with Crippen LogP contribution in [0.25, 0.3) is 0 Å². The van der Waals surface area contributed by atoms with Gasteiger partial charge in [-0.25, -0.2) is 0 Å². The van der Waals surface area contributed by atoms with Gasteiger partial charge in [-0.1, -0.05) is 0 Å². The van der Waals surface area contributed by atoms with E-state index in [2.05, 4.69) is 15.2 Å². The van der Waals surface area contributed by atoms with Crippen molar-refractivity contribution in [2.75, 3.05) is 39.3 Å². The average molecular weight is 355 g/mol. The van der Waals surface area contributed by atoms with Crippen molar-refractivity contribution in [1.29, 1.82) is 0 Å². The van der Waals surface area contributed by atoms with E-state index in [4.69, 9.17) is 4.74 Å². The van der Waals surface area contributed by atoms with E-state index in [0.29, 0.717) is 17.4 Å². The molecule has 0 aromatic carbocycles. The summed E-state index contributed by atoms with van der Waals surface area (Å²) in [4.78, 5) is 21.3. The lowest BCUT2D eigenvalue weighted by Crippen LogP contribution is -2.49. The van der Waals surface area contributed by atoms with Gasteiger partial charge in [-0.15, -0.1) is 12.4 Å². The van der Waals surface area contributed by atoms with E-state index in [0.717, 1.165) is 45.7 Å². The summed E-state index contributed by atoms with van der Waals surface area (Å²) in [6.45, 7) is 9.81. The van der Waals surface area contributed by atoms with Crippen LogP contribution in [-0.2, 0) is 0 Å². The fourth-order valence-electron chi connectivity index (χ4n) is 3.33. The highest BCUT2D eigenvalue weighted by molar-refractivity contribution is 5.94. The zero-order chi connectivity index (χ0) is 16.2. The number of hydrogen-bond donors (Lipinski definition) is 1. The van der Waals surface area contributed by atoms with E-state index in [1.807, 2.05) is 18.7 Å². The highest BCUT2D eigenvalue weighted by atomic mass is 35.5. The Kier molecular flexibility index (Phi) is 6.83. The Balaban J connectivity index is 0.00000208. The predicted molar refractivity (Wildman–Crippen MR) is 96.0 cm³/mol. The first kappa shape index (κ1) is 19.0. The number of nitrogens with zero attached hydrogens (tertiary/aromatic N) is 3. The molecule has 1 aromatic heterocycles. The molecule has 3 heterocycles. The van der Waals surface area contributed by atoms with Crippen molar-refractivity contribution in [1.82, 2.24) is 20.1 Å². The standard InChI is InChI=1S/C17H26N4O2.ClH/c1-13(2)23-16-9-14(10-19-11-16)17(22)21-6-3-15(12-21)20-7-4-18-5-8-20;/h9-11,13,15,18H,3-8,12H2,1-2H3;1H. The van der Waals surface area contributed by atoms with Gasteiger partial charge in [-0.3, -0.25) is 14.7 Å². The summed E-state index contributed by atoms with van der Waals surface area (Å²) in [5.41, 5.74) is 0.615. The van der Waals surface area contributed by atoms with Crippen molar-refractivity contribution in [3.05, 3.63) is 24.0 Å². The molecule has 1 amide bonds. The number of carbonyl (C=O) groups excluding carboxylic acids is 1. The van der Waals surface area contributed by atoms with Crippen LogP contribution in [0.3, 0.4) is 0 Å². The topological polar surface area (TPSA) is 57.7 Å². The molecule has 0 aliphatic carbocycles. The van der Waals surface area contributed by atoms with Gasteiger partial charge < -0.3 is 15.0 Å². The molecule has 3 rings (SSSR count). The van der Waals surface area contributed by atoms with E-state index in [1.165, 1.54) is 0 Å². The van der Waals surface area contributed by atoms with E-state index < -0.39 is 0 Å². The first-order chi connectivity index (χ1) is 11.1. The summed E-state index contributed by atoms with van der Waals surface area (Å²) in [6, 6.07) is 2.29. The number of hydrogen-bond acceptors (Lipinski definition) is 5. The highest BCUT2D eigenvalue weighted by Crippen LogP contribution is 2.20. The Morgan fingerprint density at radius 3 is 2.75 bits per heavy atom. The molecule has 2 fully saturated rings. The minimum Gasteiger partial charge on any atom is -0.489 e. The number of likely N-dealkylation sites (tertiary alicyclic amines) is 1. The lowest BCUT2D eigenvalue weighted by Gasteiger charge is -2.32. The molecule has 1 atom stereocenters. The number of ether oxygens (including phenoxy) is 1. The van der Waals surface area contributed by atoms with Crippen LogP contribution < -0.4 is 10.1 Å². The molecule has 1 N–H and O–H groups in total. The third-order valence-electron chi connectivity index (χ3n) is 4.45. The third kappa shape index (κ3) is 4.59. The molecule has 0 spiro atoms. The lowest BCUT2D eigenvalue weighted by atomic mass is 10.2. The van der Waals surface area contributed by atoms with Gasteiger partial charge in [0.15, 0.2) is 0 Å². The van der Waals surface area contributed by atoms with Crippen molar-refractivity contribution < 1.29 is 9.53 Å². The Morgan fingerprint density at radius 2 is 2.04 bits per heavy atom. The molecule has 2 saturated heterocycles. The quantitative estimate of drug-likeness (QED) is 0.886. The Morgan fingerprint density at radius 1 is 1.29 bits per heavy atom. The Bertz CT molecular complexity index is 549. The first-order valence-electron chi connectivity index (χ1n) is 8.49. The number of aromatic nitrogens is 1. The zero-order valence-electron chi connectivity index (χ0n) is 14.4. The van der Waals surface area contributed by atoms with Crippen molar-refractivity contribution in [2.24, 2.45) is 0 Å². The number of nitrogens with one attached hydrogen (secondary N) is 1. The minimum absolute atomic E-state index is 0. The van der Waals surface area contributed by atoms with Gasteiger partial charge in [0, 0.05) is 51.5 Å². The van der Waals surface area contributed by atoms with Crippen LogP contribution in [0.15, 0.2) is 18.5 Å². The van der Waals surface area contributed by atoms with Crippen LogP contribution in [0.2, 0.25) is 0 Å². The highest BCUT2D eigenvalue weighted by Gasteiger charge is 2.31. The number of halogens is 1. The molecule has 24 heavy (non-hydrogen) atoms. The number of pyridine rings is 1. The van der Waals surface area contributed by atoms with Gasteiger partial charge in [0.25, 0.3) is 5.91 Å². The maximum atomic E-state index is 12.7. The first-order valence-corrected chi connectivity index (χ1v) is 8.49. The summed E-state index contributed by atoms with van der Waals surface area (Å²) in [6.07, 6.45) is 4.42. The second kappa shape index (κ2) is 8.65. The Labute approximate surface area is 150 Å². The van der Waals surface area contributed by atoms with Gasteiger partial charge in [0.05, 0.1) is 17.9 Å². The van der Waals surface area contributed by atoms with Crippen LogP contribution in [0.5, 0.6) is 5.75 Å². The zero-order valence-corrected chi connectivity index (χ0v) is 15.2. The van der Waals surface area contributed by atoms with Gasteiger partial charge in [-0.2, -0.15) is 0 Å². The van der Waals surface area contributed by atoms with E-state index in [1.54, 1.807) is 18.5 Å². The molecule has 2 aliphatic heterocycles. The average Bonchev–Trinajstić information content (AvgIpc) is 3.04. The van der Waals surface area contributed by atoms with Crippen LogP contribution in [0.4, 0.5) is 0 Å². The van der Waals surface area contributed by atoms with E-state index >= 15 is 0 Å². The molecular formula is C17H27ClN4O2. The molecular weight excluding hydrogens is 328 g/mol. The maximum absolute atomic E-state index is 12.7. The van der Waals surface area contributed by atoms with Crippen LogP contribution in [0.1, 0.15) is 30.6 Å². The number of piperazine rings is 1. The van der Waals surface area contributed by atoms with Gasteiger partial charge in [0.2, 0.25) is 0 Å². The molecule has 6 nitrogen and oxygen atoms in total. The second-order valence-corrected chi connectivity index (χ2v) is 6.56. The van der Waals surface area contributed by atoms with Gasteiger partial charge in [0.1, 0.15) is 5.75 Å². The SMILES string of the molecule is CC(C)Oc1cncc(C(=O)N2CCC(N3CCNCC3)C2)c1.Cl. The normalized spacial score (nSPS) is 21.6. The van der Waals surface area contributed by atoms with Crippen molar-refractivity contribution in [3.8, 4) is 5.75 Å². The van der Waals surface area contributed by atoms with Gasteiger partial charge in [-0.05, 0) is 26.3 Å². The fourth-order valence-corrected chi connectivity index (χ4v) is 3.33. The van der Waals surface area contributed by atoms with Crippen LogP contribution >= 0.6 is 12.4 Å². The number of carbonyl (C=O) groups is 1. The van der Waals surface area contributed by atoms with Crippen molar-refractivity contribution in [3.63, 3.8) is 0 Å². The van der Waals surface area contributed by atoms with Gasteiger partial charge >= 0.3 is 0 Å². The van der Waals surface area contributed by atoms with E-state index in [9.17, 15) is 4.79 Å². The van der Waals surface area contributed by atoms with Crippen LogP contribution in [0, 0.1) is 0 Å². The summed E-state index contributed by atoms with van der Waals surface area (Å²) < 4.78 is 5.64. The molecule has 1 aromatic rings. The molecule has 134 valence electrons. The summed E-state index contributed by atoms with van der Waals surface area (Å²) in [5.74, 6) is 0.716. The summed E-state index contributed by atoms with van der Waals surface area (Å²) in [7, 11) is 0. The molecule has 2 aliphatic rings. The maximum Gasteiger partial charge on any atom is 0.255 e. The van der Waals surface area contributed by atoms with E-state index in [-0.39, 0.29) is 24.4 Å². The molecule has 7 heteroatoms. The molecule has 0 radical (unpaired) electrons. The third-order valence-corrected chi connectivity index (χ3v) is 4.45. The second-order valence-electron chi connectivity index (χ2n) is 6.56. The van der Waals surface area contributed by atoms with Crippen molar-refractivity contribution in [2.45, 2.75) is 32.4 Å². The summed E-state index contributed by atoms with van der Waals surface area (Å²) in [5, 5.41) is 3.38. The predicted octanol–water partition coefficient (Wildman–Crippen LogP) is 1.41. The molecule has 0 saturated carbocycles. The Hall–Kier alpha value is -1.37. The molecule has 0 bridgehead atoms. The largest absolute Gasteiger partial charge is 0.489 e. The minimum atomic E-state index is 0. The lowest BCUT2D eigenvalue weighted by molar-refractivity contribution is 0.0772. The monoisotopic (exact) mass is 354 g/mol. The number of amides is 1. The molecule has 1 unspecified atom stereocenters. The van der Waals surface area contributed by atoms with Crippen LogP contribution in [-0.4, -0.2) is 72.1 Å². The fraction of sp³-hybridized carbons (Fsp3) is 0.647. The number of rotatable bonds is 4.